The zero-order valence-electron chi connectivity index (χ0n) is 23.1. The van der Waals surface area contributed by atoms with E-state index in [4.69, 9.17) is 4.74 Å². The molecule has 0 radical (unpaired) electrons. The number of anilines is 1. The number of ether oxygens (including phenoxy) is 1. The lowest BCUT2D eigenvalue weighted by molar-refractivity contribution is -0.139. The number of alkyl halides is 1. The number of halogens is 1. The first kappa shape index (κ1) is 28.7. The Morgan fingerprint density at radius 1 is 1.16 bits per heavy atom. The number of hydrogen-bond acceptors (Lipinski definition) is 8. The third-order valence-corrected chi connectivity index (χ3v) is 11.2. The first-order chi connectivity index (χ1) is 20.6. The number of fused-ring (bicyclic) bond motifs is 4. The smallest absolute Gasteiger partial charge is 0.363 e. The number of aliphatic hydroxyl groups excluding tert-OH is 1. The van der Waals surface area contributed by atoms with E-state index < -0.39 is 37.7 Å². The molecule has 7 atom stereocenters. The number of aliphatic hydroxyl groups is 1. The summed E-state index contributed by atoms with van der Waals surface area (Å²) >= 11 is 1.16. The highest BCUT2D eigenvalue weighted by Crippen LogP contribution is 2.53. The Morgan fingerprint density at radius 2 is 1.98 bits per heavy atom. The maximum Gasteiger partial charge on any atom is 0.363 e. The van der Waals surface area contributed by atoms with E-state index in [1.165, 1.54) is 18.2 Å². The van der Waals surface area contributed by atoms with Crippen LogP contribution in [0.1, 0.15) is 53.3 Å². The minimum Gasteiger partial charge on any atom is -0.474 e. The molecule has 0 bridgehead atoms. The van der Waals surface area contributed by atoms with Crippen LogP contribution in [0.3, 0.4) is 0 Å². The second-order valence-corrected chi connectivity index (χ2v) is 14.6. The van der Waals surface area contributed by atoms with E-state index in [-0.39, 0.29) is 17.5 Å². The number of amides is 2. The summed E-state index contributed by atoms with van der Waals surface area (Å²) in [5.74, 6) is -1.80. The topological polar surface area (TPSA) is 153 Å². The Bertz CT molecular complexity index is 1630. The van der Waals surface area contributed by atoms with Gasteiger partial charge in [0.1, 0.15) is 24.6 Å². The third kappa shape index (κ3) is 5.31. The van der Waals surface area contributed by atoms with Crippen LogP contribution in [0.2, 0.25) is 0 Å². The van der Waals surface area contributed by atoms with Gasteiger partial charge in [0.25, 0.3) is 5.91 Å². The molecule has 0 spiro atoms. The molecule has 14 heteroatoms. The van der Waals surface area contributed by atoms with Crippen LogP contribution >= 0.6 is 18.9 Å². The molecule has 11 nitrogen and oxygen atoms in total. The maximum absolute atomic E-state index is 14.3. The number of carbonyl (C=O) groups excluding carboxylic acids is 2. The number of carbonyl (C=O) groups is 2. The number of rotatable bonds is 6. The van der Waals surface area contributed by atoms with Crippen molar-refractivity contribution in [2.24, 2.45) is 11.8 Å². The van der Waals surface area contributed by atoms with Gasteiger partial charge in [0.2, 0.25) is 17.7 Å². The maximum atomic E-state index is 14.3. The van der Waals surface area contributed by atoms with Crippen molar-refractivity contribution in [2.75, 3.05) is 18.1 Å². The average Bonchev–Trinajstić information content (AvgIpc) is 3.36. The summed E-state index contributed by atoms with van der Waals surface area (Å²) in [4.78, 5) is 54.3. The fourth-order valence-electron chi connectivity index (χ4n) is 7.02. The van der Waals surface area contributed by atoms with Crippen molar-refractivity contribution in [3.05, 3.63) is 53.0 Å². The average molecular weight is 631 g/mol. The van der Waals surface area contributed by atoms with Gasteiger partial charge in [-0.3, -0.25) is 14.2 Å². The van der Waals surface area contributed by atoms with Crippen molar-refractivity contribution < 1.29 is 38.2 Å². The predicted molar refractivity (Wildman–Crippen MR) is 157 cm³/mol. The van der Waals surface area contributed by atoms with Crippen molar-refractivity contribution in [1.29, 1.82) is 0 Å². The van der Waals surface area contributed by atoms with E-state index in [0.29, 0.717) is 64.4 Å². The molecule has 5 heterocycles. The zero-order valence-corrected chi connectivity index (χ0v) is 24.8. The van der Waals surface area contributed by atoms with Gasteiger partial charge in [-0.1, -0.05) is 6.07 Å². The Balaban J connectivity index is 1.12. The summed E-state index contributed by atoms with van der Waals surface area (Å²) in [6.45, 7) is 0.828. The number of pyridine rings is 1. The number of nitrogens with zero attached hydrogens (tertiary/aromatic N) is 3. The first-order valence-corrected chi connectivity index (χ1v) is 17.0. The van der Waals surface area contributed by atoms with E-state index in [0.717, 1.165) is 30.6 Å². The van der Waals surface area contributed by atoms with Crippen LogP contribution in [-0.2, 0) is 9.36 Å². The number of hydrogen-bond donors (Lipinski definition) is 4. The predicted octanol–water partition coefficient (Wildman–Crippen LogP) is 3.55. The second-order valence-electron chi connectivity index (χ2n) is 11.9. The highest BCUT2D eigenvalue weighted by molar-refractivity contribution is 7.51. The number of nitrogens with one attached hydrogen (secondary N) is 1. The van der Waals surface area contributed by atoms with E-state index >= 15 is 0 Å². The fourth-order valence-corrected chi connectivity index (χ4v) is 8.52. The Morgan fingerprint density at radius 3 is 2.79 bits per heavy atom. The molecule has 2 unspecified atom stereocenters. The van der Waals surface area contributed by atoms with Gasteiger partial charge in [-0.2, -0.15) is 0 Å². The lowest BCUT2D eigenvalue weighted by Crippen LogP contribution is -2.59. The summed E-state index contributed by atoms with van der Waals surface area (Å²) in [5.41, 5.74) is 0.521. The summed E-state index contributed by atoms with van der Waals surface area (Å²) in [6.07, 6.45) is 4.52. The van der Waals surface area contributed by atoms with Crippen molar-refractivity contribution in [2.45, 2.75) is 62.4 Å². The van der Waals surface area contributed by atoms with Crippen LogP contribution < -0.4 is 15.0 Å². The van der Waals surface area contributed by atoms with Crippen LogP contribution in [0, 0.1) is 11.8 Å². The number of benzene rings is 1. The highest BCUT2D eigenvalue weighted by atomic mass is 32.1. The van der Waals surface area contributed by atoms with Crippen molar-refractivity contribution in [1.82, 2.24) is 15.2 Å². The summed E-state index contributed by atoms with van der Waals surface area (Å²) < 4.78 is 32.0. The Kier molecular flexibility index (Phi) is 7.21. The summed E-state index contributed by atoms with van der Waals surface area (Å²) in [6, 6.07) is 8.12. The molecule has 4 aliphatic rings. The van der Waals surface area contributed by atoms with Gasteiger partial charge >= 0.3 is 7.60 Å². The Hall–Kier alpha value is -3.09. The molecule has 3 aliphatic heterocycles. The largest absolute Gasteiger partial charge is 0.474 e. The van der Waals surface area contributed by atoms with Crippen LogP contribution in [0.5, 0.6) is 5.88 Å². The van der Waals surface area contributed by atoms with E-state index in [1.807, 2.05) is 15.9 Å². The lowest BCUT2D eigenvalue weighted by Gasteiger charge is -2.42. The first-order valence-electron chi connectivity index (χ1n) is 14.5. The third-order valence-electron chi connectivity index (χ3n) is 9.22. The Labute approximate surface area is 250 Å². The van der Waals surface area contributed by atoms with Gasteiger partial charge in [-0.25, -0.2) is 9.37 Å². The van der Waals surface area contributed by atoms with Gasteiger partial charge in [-0.15, -0.1) is 11.3 Å². The molecule has 2 amide bonds. The quantitative estimate of drug-likeness (QED) is 0.300. The monoisotopic (exact) mass is 630 g/mol. The SMILES string of the molecule is O=C(N[C@H]1C[C@@H]2C[C@@H]2C[C@H]2CC[C@@H](C(O)N3CCOc4ncccc43)N2C1=O)c1cc2cc(C(F)P(=O)(O)O)ccc2s1. The van der Waals surface area contributed by atoms with Gasteiger partial charge in [0.05, 0.1) is 17.5 Å². The molecule has 2 saturated heterocycles. The molecular formula is C29H32FN4O7PS. The van der Waals surface area contributed by atoms with Crippen LogP contribution in [0.25, 0.3) is 10.1 Å². The molecule has 7 rings (SSSR count). The molecule has 3 aromatic rings. The van der Waals surface area contributed by atoms with Gasteiger partial charge in [-0.05, 0) is 85.2 Å². The van der Waals surface area contributed by atoms with Gasteiger partial charge in [0.15, 0.2) is 0 Å². The lowest BCUT2D eigenvalue weighted by atomic mass is 9.98. The molecule has 3 fully saturated rings. The fraction of sp³-hybridized carbons (Fsp3) is 0.483. The summed E-state index contributed by atoms with van der Waals surface area (Å²) in [7, 11) is -4.97. The highest BCUT2D eigenvalue weighted by Gasteiger charge is 2.52. The van der Waals surface area contributed by atoms with Crippen molar-refractivity contribution in [3.63, 3.8) is 0 Å². The van der Waals surface area contributed by atoms with Crippen LogP contribution in [0.15, 0.2) is 42.6 Å². The van der Waals surface area contributed by atoms with Crippen molar-refractivity contribution in [3.8, 4) is 5.88 Å². The van der Waals surface area contributed by atoms with Crippen LogP contribution in [0.4, 0.5) is 10.1 Å². The van der Waals surface area contributed by atoms with E-state index in [2.05, 4.69) is 10.3 Å². The van der Waals surface area contributed by atoms with E-state index in [1.54, 1.807) is 18.3 Å². The van der Waals surface area contributed by atoms with Crippen LogP contribution in [-0.4, -0.2) is 74.1 Å². The minimum atomic E-state index is -4.97. The van der Waals surface area contributed by atoms with Crippen molar-refractivity contribution >= 4 is 46.5 Å². The second kappa shape index (κ2) is 10.8. The molecule has 43 heavy (non-hydrogen) atoms. The molecule has 1 aliphatic carbocycles. The molecule has 1 aromatic carbocycles. The zero-order chi connectivity index (χ0) is 30.0. The molecule has 2 aromatic heterocycles. The number of thiophene rings is 1. The van der Waals surface area contributed by atoms with Gasteiger partial charge in [0, 0.05) is 16.9 Å². The molecule has 1 saturated carbocycles. The summed E-state index contributed by atoms with van der Waals surface area (Å²) in [5, 5.41) is 15.1. The molecule has 228 valence electrons. The standard InChI is InChI=1S/C29H32FN4O7PS/c30-25(42(38,39)40)15-3-6-23-18(10-15)14-24(43-23)26(35)32-20-13-17-11-16(17)12-19-4-5-22(34(19)28(20)36)29(37)33-8-9-41-27-21(33)2-1-7-31-27/h1-3,6-7,10,14,16-17,19-20,22,25,29,37H,4-5,8-9,11-13H2,(H,32,35)(H2,38,39,40)/t16-,17+,19-,20+,22+,25?,29?/m1/s1. The normalized spacial score (nSPS) is 28.2. The van der Waals surface area contributed by atoms with E-state index in [9.17, 15) is 33.4 Å². The minimum absolute atomic E-state index is 0.0123. The van der Waals surface area contributed by atoms with Gasteiger partial charge < -0.3 is 34.7 Å². The number of aromatic nitrogens is 1. The molecule has 4 N–H and O–H groups in total. The molecular weight excluding hydrogens is 598 g/mol.